The van der Waals surface area contributed by atoms with Crippen molar-refractivity contribution in [3.05, 3.63) is 40.9 Å². The Balaban J connectivity index is 2.61. The third-order valence-corrected chi connectivity index (χ3v) is 2.26. The van der Waals surface area contributed by atoms with Crippen LogP contribution in [0.3, 0.4) is 0 Å². The highest BCUT2D eigenvalue weighted by Crippen LogP contribution is 2.21. The molecule has 0 fully saturated rings. The average Bonchev–Trinajstić information content (AvgIpc) is 2.77. The second-order valence-electron chi connectivity index (χ2n) is 2.87. The predicted molar refractivity (Wildman–Crippen MR) is 55.8 cm³/mol. The zero-order chi connectivity index (χ0) is 11.5. The highest BCUT2D eigenvalue weighted by Gasteiger charge is 2.09. The van der Waals surface area contributed by atoms with Gasteiger partial charge in [0.1, 0.15) is 18.5 Å². The Labute approximate surface area is 96.1 Å². The lowest BCUT2D eigenvalue weighted by Gasteiger charge is -2.03. The summed E-state index contributed by atoms with van der Waals surface area (Å²) in [5, 5.41) is 21.8. The number of benzene rings is 1. The molecule has 2 rings (SSSR count). The van der Waals surface area contributed by atoms with E-state index in [4.69, 9.17) is 22.1 Å². The molecule has 76 valence electrons. The molecule has 0 spiro atoms. The van der Waals surface area contributed by atoms with Crippen LogP contribution in [-0.4, -0.2) is 14.8 Å². The van der Waals surface area contributed by atoms with Crippen LogP contribution in [0.4, 0.5) is 0 Å². The van der Waals surface area contributed by atoms with Crippen LogP contribution < -0.4 is 0 Å². The van der Waals surface area contributed by atoms with Gasteiger partial charge in [-0.15, -0.1) is 5.10 Å². The fraction of sp³-hybridized carbons (Fsp3) is 0. The van der Waals surface area contributed by atoms with Crippen molar-refractivity contribution in [2.24, 2.45) is 0 Å². The molecule has 0 aliphatic carbocycles. The highest BCUT2D eigenvalue weighted by atomic mass is 35.5. The van der Waals surface area contributed by atoms with E-state index < -0.39 is 0 Å². The van der Waals surface area contributed by atoms with Crippen LogP contribution in [0.25, 0.3) is 5.69 Å². The summed E-state index contributed by atoms with van der Waals surface area (Å²) in [5.41, 5.74) is 0.808. The normalized spacial score (nSPS) is 9.44. The van der Waals surface area contributed by atoms with Gasteiger partial charge in [0.25, 0.3) is 5.82 Å². The summed E-state index contributed by atoms with van der Waals surface area (Å²) in [6.45, 7) is 0. The van der Waals surface area contributed by atoms with Gasteiger partial charge in [0.15, 0.2) is 0 Å². The van der Waals surface area contributed by atoms with Gasteiger partial charge in [-0.1, -0.05) is 17.7 Å². The Hall–Kier alpha value is -2.37. The first-order chi connectivity index (χ1) is 7.76. The Morgan fingerprint density at radius 1 is 1.25 bits per heavy atom. The number of hydrogen-bond acceptors (Lipinski definition) is 4. The van der Waals surface area contributed by atoms with Crippen molar-refractivity contribution in [2.45, 2.75) is 0 Å². The van der Waals surface area contributed by atoms with Crippen molar-refractivity contribution in [1.82, 2.24) is 14.8 Å². The molecule has 5 nitrogen and oxygen atoms in total. The smallest absolute Gasteiger partial charge is 0.218 e. The lowest BCUT2D eigenvalue weighted by atomic mass is 10.2. The molecular formula is C10H4ClN5. The summed E-state index contributed by atoms with van der Waals surface area (Å²) < 4.78 is 1.35. The van der Waals surface area contributed by atoms with Crippen LogP contribution in [0.15, 0.2) is 24.5 Å². The standard InChI is InChI=1S/C10H4ClN5/c11-8-2-1-3-9(7(8)4-12)16-6-14-10(5-13)15-16/h1-3,6H. The summed E-state index contributed by atoms with van der Waals surface area (Å²) in [4.78, 5) is 3.75. The molecule has 6 heteroatoms. The first-order valence-corrected chi connectivity index (χ1v) is 4.65. The second-order valence-corrected chi connectivity index (χ2v) is 3.28. The van der Waals surface area contributed by atoms with Crippen molar-refractivity contribution in [3.63, 3.8) is 0 Å². The molecule has 0 bridgehead atoms. The summed E-state index contributed by atoms with van der Waals surface area (Å²) in [7, 11) is 0. The molecule has 0 unspecified atom stereocenters. The Morgan fingerprint density at radius 2 is 2.06 bits per heavy atom. The Bertz CT molecular complexity index is 617. The van der Waals surface area contributed by atoms with Crippen LogP contribution in [0, 0.1) is 22.7 Å². The number of nitrogens with zero attached hydrogens (tertiary/aromatic N) is 5. The van der Waals surface area contributed by atoms with Gasteiger partial charge in [0.2, 0.25) is 0 Å². The maximum atomic E-state index is 8.96. The molecule has 0 saturated heterocycles. The fourth-order valence-corrected chi connectivity index (χ4v) is 1.46. The number of rotatable bonds is 1. The summed E-state index contributed by atoms with van der Waals surface area (Å²) in [6, 6.07) is 8.79. The first-order valence-electron chi connectivity index (χ1n) is 4.27. The molecule has 16 heavy (non-hydrogen) atoms. The van der Waals surface area contributed by atoms with Crippen molar-refractivity contribution in [2.75, 3.05) is 0 Å². The summed E-state index contributed by atoms with van der Waals surface area (Å²) in [6.07, 6.45) is 1.37. The molecule has 1 aromatic carbocycles. The van der Waals surface area contributed by atoms with Crippen molar-refractivity contribution < 1.29 is 0 Å². The van der Waals surface area contributed by atoms with E-state index in [-0.39, 0.29) is 5.82 Å². The lowest BCUT2D eigenvalue weighted by molar-refractivity contribution is 0.870. The van der Waals surface area contributed by atoms with Crippen molar-refractivity contribution in [1.29, 1.82) is 10.5 Å². The van der Waals surface area contributed by atoms with E-state index in [1.165, 1.54) is 11.0 Å². The Kier molecular flexibility index (Phi) is 2.55. The molecule has 0 radical (unpaired) electrons. The molecule has 1 heterocycles. The zero-order valence-corrected chi connectivity index (χ0v) is 8.68. The largest absolute Gasteiger partial charge is 0.252 e. The maximum absolute atomic E-state index is 8.96. The minimum absolute atomic E-state index is 0.0452. The van der Waals surface area contributed by atoms with E-state index in [2.05, 4.69) is 10.1 Å². The average molecular weight is 230 g/mol. The van der Waals surface area contributed by atoms with Crippen LogP contribution in [-0.2, 0) is 0 Å². The number of nitriles is 2. The van der Waals surface area contributed by atoms with Gasteiger partial charge in [0.05, 0.1) is 16.3 Å². The van der Waals surface area contributed by atoms with Crippen molar-refractivity contribution >= 4 is 11.6 Å². The number of aromatic nitrogens is 3. The monoisotopic (exact) mass is 229 g/mol. The summed E-state index contributed by atoms with van der Waals surface area (Å²) in [5.74, 6) is 0.0452. The molecule has 0 atom stereocenters. The van der Waals surface area contributed by atoms with E-state index in [0.29, 0.717) is 16.3 Å². The fourth-order valence-electron chi connectivity index (χ4n) is 1.24. The summed E-state index contributed by atoms with van der Waals surface area (Å²) >= 11 is 5.87. The van der Waals surface area contributed by atoms with Crippen LogP contribution in [0.5, 0.6) is 0 Å². The van der Waals surface area contributed by atoms with Gasteiger partial charge >= 0.3 is 0 Å². The molecule has 0 amide bonds. The van der Waals surface area contributed by atoms with E-state index in [9.17, 15) is 0 Å². The topological polar surface area (TPSA) is 78.3 Å². The number of hydrogen-bond donors (Lipinski definition) is 0. The first kappa shape index (κ1) is 10.2. The SMILES string of the molecule is N#Cc1ncn(-c2cccc(Cl)c2C#N)n1. The minimum Gasteiger partial charge on any atom is -0.218 e. The van der Waals surface area contributed by atoms with E-state index >= 15 is 0 Å². The quantitative estimate of drug-likeness (QED) is 0.745. The minimum atomic E-state index is 0.0452. The third kappa shape index (κ3) is 1.60. The maximum Gasteiger partial charge on any atom is 0.252 e. The molecule has 0 saturated carbocycles. The number of halogens is 1. The van der Waals surface area contributed by atoms with Crippen LogP contribution in [0.2, 0.25) is 5.02 Å². The van der Waals surface area contributed by atoms with Gasteiger partial charge < -0.3 is 0 Å². The zero-order valence-electron chi connectivity index (χ0n) is 7.92. The van der Waals surface area contributed by atoms with E-state index in [1.807, 2.05) is 12.1 Å². The predicted octanol–water partition coefficient (Wildman–Crippen LogP) is 1.66. The molecule has 2 aromatic rings. The van der Waals surface area contributed by atoms with E-state index in [1.54, 1.807) is 18.2 Å². The molecule has 1 aromatic heterocycles. The van der Waals surface area contributed by atoms with Gasteiger partial charge in [-0.05, 0) is 12.1 Å². The second kappa shape index (κ2) is 4.01. The van der Waals surface area contributed by atoms with Crippen LogP contribution >= 0.6 is 11.6 Å². The van der Waals surface area contributed by atoms with Gasteiger partial charge in [-0.3, -0.25) is 0 Å². The molecule has 0 aliphatic heterocycles. The van der Waals surface area contributed by atoms with Gasteiger partial charge in [-0.2, -0.15) is 10.5 Å². The Morgan fingerprint density at radius 3 is 2.69 bits per heavy atom. The highest BCUT2D eigenvalue weighted by molar-refractivity contribution is 6.32. The van der Waals surface area contributed by atoms with Crippen molar-refractivity contribution in [3.8, 4) is 17.8 Å². The van der Waals surface area contributed by atoms with Gasteiger partial charge in [-0.25, -0.2) is 9.67 Å². The van der Waals surface area contributed by atoms with E-state index in [0.717, 1.165) is 0 Å². The molecule has 0 aliphatic rings. The third-order valence-electron chi connectivity index (χ3n) is 1.94. The lowest BCUT2D eigenvalue weighted by Crippen LogP contribution is -1.98. The molecular weight excluding hydrogens is 226 g/mol. The van der Waals surface area contributed by atoms with Crippen LogP contribution in [0.1, 0.15) is 11.4 Å². The molecule has 0 N–H and O–H groups in total. The van der Waals surface area contributed by atoms with Gasteiger partial charge in [0, 0.05) is 0 Å².